The maximum absolute atomic E-state index is 4.78. The van der Waals surface area contributed by atoms with Crippen LogP contribution in [0.4, 0.5) is 5.82 Å². The molecule has 0 bridgehead atoms. The smallest absolute Gasteiger partial charge is 0.154 e. The molecule has 3 heterocycles. The molecule has 1 aliphatic carbocycles. The number of anilines is 1. The lowest BCUT2D eigenvalue weighted by molar-refractivity contribution is 0.246. The highest BCUT2D eigenvalue weighted by Crippen LogP contribution is 2.27. The van der Waals surface area contributed by atoms with E-state index in [2.05, 4.69) is 55.0 Å². The minimum absolute atomic E-state index is 0.766. The number of pyridine rings is 1. The summed E-state index contributed by atoms with van der Waals surface area (Å²) in [5.41, 5.74) is 5.07. The molecule has 0 amide bonds. The largest absolute Gasteiger partial charge is 0.371 e. The first-order valence-electron chi connectivity index (χ1n) is 9.20. The molecule has 2 aromatic rings. The van der Waals surface area contributed by atoms with Crippen LogP contribution in [-0.2, 0) is 0 Å². The van der Waals surface area contributed by atoms with Gasteiger partial charge in [-0.3, -0.25) is 4.98 Å². The summed E-state index contributed by atoms with van der Waals surface area (Å²) in [6.07, 6.45) is 15.3. The minimum Gasteiger partial charge on any atom is -0.371 e. The zero-order valence-corrected chi connectivity index (χ0v) is 16.5. The van der Waals surface area contributed by atoms with E-state index in [4.69, 9.17) is 4.98 Å². The number of fused-ring (bicyclic) bond motifs is 1. The van der Waals surface area contributed by atoms with Gasteiger partial charge in [-0.25, -0.2) is 14.3 Å². The van der Waals surface area contributed by atoms with E-state index in [9.17, 15) is 0 Å². The van der Waals surface area contributed by atoms with Gasteiger partial charge < -0.3 is 10.2 Å². The number of allylic oxidation sites excluding steroid dienone is 5. The van der Waals surface area contributed by atoms with E-state index in [1.807, 2.05) is 25.1 Å². The van der Waals surface area contributed by atoms with Crippen LogP contribution in [0.2, 0.25) is 0 Å². The summed E-state index contributed by atoms with van der Waals surface area (Å²) in [6, 6.07) is 2.03. The fourth-order valence-corrected chi connectivity index (χ4v) is 3.99. The highest BCUT2D eigenvalue weighted by molar-refractivity contribution is 7.96. The lowest BCUT2D eigenvalue weighted by Gasteiger charge is -2.35. The van der Waals surface area contributed by atoms with Crippen LogP contribution in [0.25, 0.3) is 16.6 Å². The Labute approximate surface area is 164 Å². The van der Waals surface area contributed by atoms with Crippen molar-refractivity contribution in [3.8, 4) is 0 Å². The minimum atomic E-state index is 0.766. The number of hydrogen-bond acceptors (Lipinski definition) is 7. The van der Waals surface area contributed by atoms with E-state index in [0.29, 0.717) is 0 Å². The molecule has 0 aromatic carbocycles. The molecule has 2 aliphatic rings. The van der Waals surface area contributed by atoms with Gasteiger partial charge in [-0.05, 0) is 36.5 Å². The van der Waals surface area contributed by atoms with E-state index in [1.54, 1.807) is 12.4 Å². The van der Waals surface area contributed by atoms with Crippen LogP contribution in [0.5, 0.6) is 0 Å². The fourth-order valence-electron chi connectivity index (χ4n) is 3.46. The van der Waals surface area contributed by atoms with Gasteiger partial charge in [0.15, 0.2) is 5.82 Å². The van der Waals surface area contributed by atoms with E-state index in [1.165, 1.54) is 11.3 Å². The normalized spacial score (nSPS) is 18.2. The van der Waals surface area contributed by atoms with Gasteiger partial charge in [0.25, 0.3) is 0 Å². The molecule has 4 rings (SSSR count). The molecule has 1 fully saturated rings. The van der Waals surface area contributed by atoms with Gasteiger partial charge in [-0.15, -0.1) is 0 Å². The molecule has 6 nitrogen and oxygen atoms in total. The summed E-state index contributed by atoms with van der Waals surface area (Å²) in [5, 5.41) is 3.15. The van der Waals surface area contributed by atoms with Crippen molar-refractivity contribution in [2.24, 2.45) is 0 Å². The number of hydrogen-bond donors (Lipinski definition) is 1. The predicted molar refractivity (Wildman–Crippen MR) is 113 cm³/mol. The number of rotatable bonds is 4. The van der Waals surface area contributed by atoms with E-state index in [-0.39, 0.29) is 0 Å². The summed E-state index contributed by atoms with van der Waals surface area (Å²) < 4.78 is 2.41. The van der Waals surface area contributed by atoms with Crippen LogP contribution in [0.1, 0.15) is 12.1 Å². The third-order valence-corrected chi connectivity index (χ3v) is 5.85. The van der Waals surface area contributed by atoms with E-state index < -0.39 is 0 Å². The average molecular weight is 381 g/mol. The van der Waals surface area contributed by atoms with Gasteiger partial charge in [-0.2, -0.15) is 0 Å². The van der Waals surface area contributed by atoms with E-state index in [0.717, 1.165) is 55.1 Å². The summed E-state index contributed by atoms with van der Waals surface area (Å²) >= 11 is 1.83. The van der Waals surface area contributed by atoms with Gasteiger partial charge in [0.05, 0.1) is 11.2 Å². The Morgan fingerprint density at radius 3 is 2.67 bits per heavy atom. The molecular formula is C20H24N6S. The molecule has 0 radical (unpaired) electrons. The van der Waals surface area contributed by atoms with Crippen molar-refractivity contribution in [1.29, 1.82) is 0 Å². The Bertz CT molecular complexity index is 912. The SMILES string of the molecule is CNc1nc(C2=CC=C(N3CCN(SC)CC3)C=CC2)cc2nccnc12. The maximum atomic E-state index is 4.78. The molecule has 0 unspecified atom stereocenters. The zero-order valence-electron chi connectivity index (χ0n) is 15.7. The third-order valence-electron chi connectivity index (χ3n) is 4.97. The van der Waals surface area contributed by atoms with Crippen molar-refractivity contribution in [2.45, 2.75) is 6.42 Å². The molecular weight excluding hydrogens is 356 g/mol. The van der Waals surface area contributed by atoms with Crippen LogP contribution in [-0.4, -0.2) is 63.6 Å². The number of nitrogens with one attached hydrogen (secondary N) is 1. The van der Waals surface area contributed by atoms with Crippen LogP contribution in [0.3, 0.4) is 0 Å². The molecule has 0 saturated carbocycles. The second-order valence-corrected chi connectivity index (χ2v) is 7.40. The highest BCUT2D eigenvalue weighted by Gasteiger charge is 2.18. The van der Waals surface area contributed by atoms with Crippen LogP contribution < -0.4 is 5.32 Å². The maximum Gasteiger partial charge on any atom is 0.154 e. The van der Waals surface area contributed by atoms with Gasteiger partial charge in [0.1, 0.15) is 5.52 Å². The monoisotopic (exact) mass is 380 g/mol. The van der Waals surface area contributed by atoms with Gasteiger partial charge in [-0.1, -0.05) is 24.1 Å². The molecule has 2 aromatic heterocycles. The van der Waals surface area contributed by atoms with Crippen LogP contribution in [0, 0.1) is 0 Å². The quantitative estimate of drug-likeness (QED) is 0.818. The predicted octanol–water partition coefficient (Wildman–Crippen LogP) is 3.19. The van der Waals surface area contributed by atoms with Crippen molar-refractivity contribution in [3.05, 3.63) is 54.2 Å². The molecule has 27 heavy (non-hydrogen) atoms. The molecule has 1 saturated heterocycles. The van der Waals surface area contributed by atoms with Gasteiger partial charge in [0.2, 0.25) is 0 Å². The molecule has 1 N–H and O–H groups in total. The lowest BCUT2D eigenvalue weighted by atomic mass is 10.1. The van der Waals surface area contributed by atoms with Crippen LogP contribution in [0.15, 0.2) is 48.5 Å². The van der Waals surface area contributed by atoms with E-state index >= 15 is 0 Å². The molecule has 0 spiro atoms. The Kier molecular flexibility index (Phi) is 5.40. The number of nitrogens with zero attached hydrogens (tertiary/aromatic N) is 5. The van der Waals surface area contributed by atoms with Crippen molar-refractivity contribution in [3.63, 3.8) is 0 Å². The standard InChI is InChI=1S/C20H24N6S/c1-21-20-19-18(22-8-9-23-19)14-17(24-20)15-4-3-5-16(7-6-15)25-10-12-26(27-2)13-11-25/h3,5-9,14H,4,10-13H2,1-2H3,(H,21,24). The lowest BCUT2D eigenvalue weighted by Crippen LogP contribution is -2.42. The Hall–Kier alpha value is -2.38. The first kappa shape index (κ1) is 18.0. The second-order valence-electron chi connectivity index (χ2n) is 6.52. The first-order valence-corrected chi connectivity index (χ1v) is 10.4. The summed E-state index contributed by atoms with van der Waals surface area (Å²) in [5.74, 6) is 0.766. The Balaban J connectivity index is 1.61. The van der Waals surface area contributed by atoms with Crippen molar-refractivity contribution < 1.29 is 0 Å². The Morgan fingerprint density at radius 2 is 1.89 bits per heavy atom. The third kappa shape index (κ3) is 3.84. The second kappa shape index (κ2) is 8.10. The Morgan fingerprint density at radius 1 is 1.07 bits per heavy atom. The summed E-state index contributed by atoms with van der Waals surface area (Å²) in [6.45, 7) is 4.32. The zero-order chi connectivity index (χ0) is 18.6. The number of aromatic nitrogens is 3. The van der Waals surface area contributed by atoms with Crippen molar-refractivity contribution in [2.75, 3.05) is 44.8 Å². The average Bonchev–Trinajstić information content (AvgIpc) is 2.99. The van der Waals surface area contributed by atoms with Crippen LogP contribution >= 0.6 is 11.9 Å². The topological polar surface area (TPSA) is 57.2 Å². The van der Waals surface area contributed by atoms with Gasteiger partial charge >= 0.3 is 0 Å². The highest BCUT2D eigenvalue weighted by atomic mass is 32.2. The fraction of sp³-hybridized carbons (Fsp3) is 0.350. The first-order chi connectivity index (χ1) is 13.3. The molecule has 1 aliphatic heterocycles. The summed E-state index contributed by atoms with van der Waals surface area (Å²) in [7, 11) is 1.87. The number of piperazine rings is 1. The molecule has 0 atom stereocenters. The molecule has 140 valence electrons. The van der Waals surface area contributed by atoms with Gasteiger partial charge in [0, 0.05) is 51.3 Å². The molecule has 7 heteroatoms. The summed E-state index contributed by atoms with van der Waals surface area (Å²) in [4.78, 5) is 16.1. The van der Waals surface area contributed by atoms with Crippen molar-refractivity contribution >= 4 is 34.4 Å². The van der Waals surface area contributed by atoms with Crippen molar-refractivity contribution in [1.82, 2.24) is 24.2 Å².